The molecule has 106 valence electrons. The summed E-state index contributed by atoms with van der Waals surface area (Å²) in [6, 6.07) is -0.162. The molecule has 1 aliphatic heterocycles. The monoisotopic (exact) mass is 266 g/mol. The maximum atomic E-state index is 11.4. The molecule has 6 heteroatoms. The van der Waals surface area contributed by atoms with Crippen LogP contribution in [0.1, 0.15) is 45.5 Å². The van der Waals surface area contributed by atoms with E-state index in [1.165, 1.54) is 6.33 Å². The summed E-state index contributed by atoms with van der Waals surface area (Å²) >= 11 is 0. The SMILES string of the molecule is CC1CCN(Cc2ncnn2C(C)C)C(C(=O)O)C1. The molecule has 1 aromatic heterocycles. The molecule has 2 unspecified atom stereocenters. The zero-order valence-electron chi connectivity index (χ0n) is 11.8. The Bertz CT molecular complexity index is 444. The van der Waals surface area contributed by atoms with E-state index in [-0.39, 0.29) is 6.04 Å². The molecule has 0 saturated carbocycles. The first-order valence-electron chi connectivity index (χ1n) is 6.84. The molecule has 0 radical (unpaired) electrons. The lowest BCUT2D eigenvalue weighted by atomic mass is 9.92. The first-order valence-corrected chi connectivity index (χ1v) is 6.84. The highest BCUT2D eigenvalue weighted by atomic mass is 16.4. The van der Waals surface area contributed by atoms with E-state index in [0.717, 1.165) is 18.8 Å². The molecule has 1 fully saturated rings. The average molecular weight is 266 g/mol. The van der Waals surface area contributed by atoms with Gasteiger partial charge in [0.05, 0.1) is 6.54 Å². The van der Waals surface area contributed by atoms with Crippen molar-refractivity contribution in [2.45, 2.75) is 52.2 Å². The maximum Gasteiger partial charge on any atom is 0.320 e. The fourth-order valence-corrected chi connectivity index (χ4v) is 2.64. The minimum absolute atomic E-state index is 0.240. The average Bonchev–Trinajstić information content (AvgIpc) is 2.79. The topological polar surface area (TPSA) is 71.2 Å². The van der Waals surface area contributed by atoms with Crippen molar-refractivity contribution in [1.82, 2.24) is 19.7 Å². The molecule has 0 spiro atoms. The standard InChI is InChI=1S/C13H22N4O2/c1-9(2)17-12(14-8-15-17)7-16-5-4-10(3)6-11(16)13(18)19/h8-11H,4-7H2,1-3H3,(H,18,19). The number of nitrogens with zero attached hydrogens (tertiary/aromatic N) is 4. The van der Waals surface area contributed by atoms with Crippen molar-refractivity contribution < 1.29 is 9.90 Å². The highest BCUT2D eigenvalue weighted by Crippen LogP contribution is 2.24. The number of hydrogen-bond acceptors (Lipinski definition) is 4. The molecule has 2 heterocycles. The lowest BCUT2D eigenvalue weighted by molar-refractivity contribution is -0.145. The second kappa shape index (κ2) is 5.69. The first-order chi connectivity index (χ1) is 8.99. The van der Waals surface area contributed by atoms with Crippen LogP contribution in [0.3, 0.4) is 0 Å². The Kier molecular flexibility index (Phi) is 4.19. The quantitative estimate of drug-likeness (QED) is 0.895. The van der Waals surface area contributed by atoms with Gasteiger partial charge in [-0.3, -0.25) is 9.69 Å². The third-order valence-electron chi connectivity index (χ3n) is 3.74. The van der Waals surface area contributed by atoms with E-state index in [1.54, 1.807) is 0 Å². The summed E-state index contributed by atoms with van der Waals surface area (Å²) in [7, 11) is 0. The lowest BCUT2D eigenvalue weighted by Crippen LogP contribution is -2.46. The molecule has 1 aliphatic rings. The van der Waals surface area contributed by atoms with Gasteiger partial charge in [-0.1, -0.05) is 6.92 Å². The molecule has 0 amide bonds. The van der Waals surface area contributed by atoms with Crippen LogP contribution in [0.25, 0.3) is 0 Å². The summed E-state index contributed by atoms with van der Waals surface area (Å²) < 4.78 is 1.86. The van der Waals surface area contributed by atoms with Gasteiger partial charge in [0.25, 0.3) is 0 Å². The Balaban J connectivity index is 2.12. The number of aromatic nitrogens is 3. The van der Waals surface area contributed by atoms with Crippen LogP contribution in [0.2, 0.25) is 0 Å². The summed E-state index contributed by atoms with van der Waals surface area (Å²) in [5.74, 6) is 0.582. The van der Waals surface area contributed by atoms with Crippen LogP contribution in [0, 0.1) is 5.92 Å². The number of rotatable bonds is 4. The van der Waals surface area contributed by atoms with E-state index in [0.29, 0.717) is 18.9 Å². The summed E-state index contributed by atoms with van der Waals surface area (Å²) in [5, 5.41) is 13.5. The first kappa shape index (κ1) is 14.0. The Morgan fingerprint density at radius 3 is 2.95 bits per heavy atom. The number of carbonyl (C=O) groups is 1. The largest absolute Gasteiger partial charge is 0.480 e. The number of carboxylic acid groups (broad SMARTS) is 1. The molecule has 1 saturated heterocycles. The van der Waals surface area contributed by atoms with Gasteiger partial charge in [0.1, 0.15) is 18.2 Å². The van der Waals surface area contributed by atoms with Gasteiger partial charge in [-0.2, -0.15) is 5.10 Å². The van der Waals surface area contributed by atoms with Crippen molar-refractivity contribution in [2.24, 2.45) is 5.92 Å². The zero-order valence-corrected chi connectivity index (χ0v) is 11.8. The molecule has 0 bridgehead atoms. The van der Waals surface area contributed by atoms with Crippen LogP contribution in [0.5, 0.6) is 0 Å². The highest BCUT2D eigenvalue weighted by Gasteiger charge is 2.32. The van der Waals surface area contributed by atoms with Gasteiger partial charge in [0.2, 0.25) is 0 Å². The van der Waals surface area contributed by atoms with Crippen LogP contribution < -0.4 is 0 Å². The van der Waals surface area contributed by atoms with Crippen molar-refractivity contribution in [2.75, 3.05) is 6.54 Å². The minimum Gasteiger partial charge on any atom is -0.480 e. The third kappa shape index (κ3) is 3.12. The zero-order chi connectivity index (χ0) is 14.0. The molecule has 2 atom stereocenters. The number of likely N-dealkylation sites (tertiary alicyclic amines) is 1. The number of carboxylic acids is 1. The van der Waals surface area contributed by atoms with Gasteiger partial charge < -0.3 is 5.11 Å². The maximum absolute atomic E-state index is 11.4. The van der Waals surface area contributed by atoms with Crippen molar-refractivity contribution in [1.29, 1.82) is 0 Å². The highest BCUT2D eigenvalue weighted by molar-refractivity contribution is 5.73. The van der Waals surface area contributed by atoms with Crippen LogP contribution in [-0.2, 0) is 11.3 Å². The Hall–Kier alpha value is -1.43. The predicted octanol–water partition coefficient (Wildman–Crippen LogP) is 1.54. The van der Waals surface area contributed by atoms with E-state index in [9.17, 15) is 9.90 Å². The lowest BCUT2D eigenvalue weighted by Gasteiger charge is -2.35. The van der Waals surface area contributed by atoms with E-state index < -0.39 is 12.0 Å². The van der Waals surface area contributed by atoms with Crippen molar-refractivity contribution in [3.05, 3.63) is 12.2 Å². The fourth-order valence-electron chi connectivity index (χ4n) is 2.64. The van der Waals surface area contributed by atoms with Crippen molar-refractivity contribution in [3.8, 4) is 0 Å². The second-order valence-electron chi connectivity index (χ2n) is 5.67. The van der Waals surface area contributed by atoms with E-state index in [4.69, 9.17) is 0 Å². The molecule has 19 heavy (non-hydrogen) atoms. The Morgan fingerprint density at radius 2 is 2.32 bits per heavy atom. The number of hydrogen-bond donors (Lipinski definition) is 1. The van der Waals surface area contributed by atoms with Gasteiger partial charge >= 0.3 is 5.97 Å². The van der Waals surface area contributed by atoms with Gasteiger partial charge in [-0.25, -0.2) is 9.67 Å². The van der Waals surface area contributed by atoms with Crippen LogP contribution in [-0.4, -0.2) is 43.3 Å². The molecule has 2 rings (SSSR count). The minimum atomic E-state index is -0.734. The summed E-state index contributed by atoms with van der Waals surface area (Å²) in [4.78, 5) is 17.6. The Morgan fingerprint density at radius 1 is 1.58 bits per heavy atom. The summed E-state index contributed by atoms with van der Waals surface area (Å²) in [5.41, 5.74) is 0. The summed E-state index contributed by atoms with van der Waals surface area (Å²) in [6.07, 6.45) is 3.29. The van der Waals surface area contributed by atoms with Gasteiger partial charge in [0, 0.05) is 6.04 Å². The van der Waals surface area contributed by atoms with Crippen LogP contribution in [0.15, 0.2) is 6.33 Å². The Labute approximate surface area is 113 Å². The molecule has 0 aliphatic carbocycles. The number of piperidine rings is 1. The van der Waals surface area contributed by atoms with Crippen molar-refractivity contribution >= 4 is 5.97 Å². The smallest absolute Gasteiger partial charge is 0.320 e. The second-order valence-corrected chi connectivity index (χ2v) is 5.67. The number of aliphatic carboxylic acids is 1. The van der Waals surface area contributed by atoms with E-state index >= 15 is 0 Å². The third-order valence-corrected chi connectivity index (χ3v) is 3.74. The molecule has 0 aromatic carbocycles. The predicted molar refractivity (Wildman–Crippen MR) is 70.6 cm³/mol. The molecule has 1 N–H and O–H groups in total. The molecular weight excluding hydrogens is 244 g/mol. The van der Waals surface area contributed by atoms with E-state index in [2.05, 4.69) is 17.0 Å². The fraction of sp³-hybridized carbons (Fsp3) is 0.769. The van der Waals surface area contributed by atoms with Gasteiger partial charge in [-0.05, 0) is 39.2 Å². The molecular formula is C13H22N4O2. The van der Waals surface area contributed by atoms with E-state index in [1.807, 2.05) is 23.4 Å². The van der Waals surface area contributed by atoms with Crippen molar-refractivity contribution in [3.63, 3.8) is 0 Å². The van der Waals surface area contributed by atoms with Gasteiger partial charge in [0.15, 0.2) is 0 Å². The normalized spacial score (nSPS) is 24.8. The van der Waals surface area contributed by atoms with Gasteiger partial charge in [-0.15, -0.1) is 0 Å². The molecule has 1 aromatic rings. The molecule has 6 nitrogen and oxygen atoms in total. The van der Waals surface area contributed by atoms with Crippen LogP contribution in [0.4, 0.5) is 0 Å². The van der Waals surface area contributed by atoms with Crippen LogP contribution >= 0.6 is 0 Å². The summed E-state index contributed by atoms with van der Waals surface area (Å²) in [6.45, 7) is 7.57.